The fourth-order valence-corrected chi connectivity index (χ4v) is 4.52. The monoisotopic (exact) mass is 292 g/mol. The highest BCUT2D eigenvalue weighted by molar-refractivity contribution is 6.49. The molecular formula is C12H30N3O3Si. The molecule has 0 bridgehead atoms. The van der Waals surface area contributed by atoms with E-state index in [0.29, 0.717) is 19.8 Å². The summed E-state index contributed by atoms with van der Waals surface area (Å²) in [5.74, 6) is 0. The Morgan fingerprint density at radius 2 is 1.05 bits per heavy atom. The molecule has 0 atom stereocenters. The Bertz CT molecular complexity index is 217. The van der Waals surface area contributed by atoms with Crippen molar-refractivity contribution in [3.63, 3.8) is 0 Å². The summed E-state index contributed by atoms with van der Waals surface area (Å²) in [7, 11) is 9.05. The summed E-state index contributed by atoms with van der Waals surface area (Å²) in [4.78, 5) is 0. The summed E-state index contributed by atoms with van der Waals surface area (Å²) >= 11 is 0. The van der Waals surface area contributed by atoms with Crippen LogP contribution in [0.3, 0.4) is 0 Å². The Morgan fingerprint density at radius 3 is 1.26 bits per heavy atom. The summed E-state index contributed by atoms with van der Waals surface area (Å²) in [6.07, 6.45) is -1.11. The predicted octanol–water partition coefficient (Wildman–Crippen LogP) is 0.747. The van der Waals surface area contributed by atoms with Gasteiger partial charge in [0, 0.05) is 0 Å². The Labute approximate surface area is 120 Å². The lowest BCUT2D eigenvalue weighted by Gasteiger charge is -2.45. The molecule has 1 radical (unpaired) electrons. The molecule has 115 valence electrons. The van der Waals surface area contributed by atoms with Crippen molar-refractivity contribution in [3.8, 4) is 0 Å². The molecule has 0 aliphatic carbocycles. The van der Waals surface area contributed by atoms with Gasteiger partial charge >= 0.3 is 15.4 Å². The van der Waals surface area contributed by atoms with Gasteiger partial charge in [0.15, 0.2) is 0 Å². The van der Waals surface area contributed by atoms with Gasteiger partial charge in [-0.25, -0.2) is 4.57 Å². The molecule has 0 amide bonds. The predicted molar refractivity (Wildman–Crippen MR) is 78.5 cm³/mol. The van der Waals surface area contributed by atoms with Gasteiger partial charge in [-0.3, -0.25) is 0 Å². The van der Waals surface area contributed by atoms with Crippen LogP contribution in [-0.4, -0.2) is 84.1 Å². The van der Waals surface area contributed by atoms with Crippen molar-refractivity contribution in [2.24, 2.45) is 0 Å². The van der Waals surface area contributed by atoms with E-state index >= 15 is 0 Å². The molecule has 0 aromatic rings. The molecule has 0 aliphatic heterocycles. The van der Waals surface area contributed by atoms with Crippen LogP contribution in [0.2, 0.25) is 0 Å². The van der Waals surface area contributed by atoms with Crippen LogP contribution in [0.25, 0.3) is 0 Å². The normalized spacial score (nSPS) is 13.3. The average Bonchev–Trinajstić information content (AvgIpc) is 2.28. The van der Waals surface area contributed by atoms with E-state index in [9.17, 15) is 0 Å². The highest BCUT2D eigenvalue weighted by atomic mass is 28.3. The number of rotatable bonds is 10. The first kappa shape index (κ1) is 19.0. The zero-order valence-corrected chi connectivity index (χ0v) is 14.7. The minimum Gasteiger partial charge on any atom is -0.315 e. The number of nitrogens with zero attached hydrogens (tertiary/aromatic N) is 3. The van der Waals surface area contributed by atoms with Gasteiger partial charge in [0.2, 0.25) is 0 Å². The van der Waals surface area contributed by atoms with Crippen molar-refractivity contribution in [3.05, 3.63) is 0 Å². The van der Waals surface area contributed by atoms with Crippen molar-refractivity contribution in [1.82, 2.24) is 13.7 Å². The van der Waals surface area contributed by atoms with Gasteiger partial charge < -0.3 is 23.3 Å². The van der Waals surface area contributed by atoms with E-state index in [-0.39, 0.29) is 0 Å². The second-order valence-corrected chi connectivity index (χ2v) is 7.53. The summed E-state index contributed by atoms with van der Waals surface area (Å²) in [6.45, 7) is 7.41. The molecule has 0 rings (SSSR count). The van der Waals surface area contributed by atoms with E-state index in [1.807, 2.05) is 32.4 Å². The van der Waals surface area contributed by atoms with Crippen LogP contribution >= 0.6 is 0 Å². The Hall–Kier alpha value is -0.0231. The zero-order valence-electron chi connectivity index (χ0n) is 13.7. The number of hydrogen-bond donors (Lipinski definition) is 0. The molecule has 0 unspecified atom stereocenters. The SMILES string of the molecule is CCOC(OCC)(OCC)N(C)[Si](N(C)C)N(C)C. The fraction of sp³-hybridized carbons (Fsp3) is 1.00. The van der Waals surface area contributed by atoms with Gasteiger partial charge in [-0.1, -0.05) is 0 Å². The van der Waals surface area contributed by atoms with Gasteiger partial charge in [0.1, 0.15) is 0 Å². The molecule has 6 nitrogen and oxygen atoms in total. The summed E-state index contributed by atoms with van der Waals surface area (Å²) < 4.78 is 23.8. The van der Waals surface area contributed by atoms with Crippen LogP contribution in [0.15, 0.2) is 0 Å². The molecule has 0 aromatic heterocycles. The molecular weight excluding hydrogens is 262 g/mol. The molecule has 0 spiro atoms. The Kier molecular flexibility index (Phi) is 9.00. The van der Waals surface area contributed by atoms with E-state index in [1.165, 1.54) is 0 Å². The largest absolute Gasteiger partial charge is 0.348 e. The maximum Gasteiger partial charge on any atom is 0.348 e. The number of hydrogen-bond acceptors (Lipinski definition) is 6. The summed E-state index contributed by atoms with van der Waals surface area (Å²) in [5, 5.41) is 0. The Balaban J connectivity index is 5.28. The van der Waals surface area contributed by atoms with E-state index < -0.39 is 15.4 Å². The van der Waals surface area contributed by atoms with E-state index in [2.05, 4.69) is 37.3 Å². The zero-order chi connectivity index (χ0) is 15.1. The third-order valence-corrected chi connectivity index (χ3v) is 4.96. The maximum atomic E-state index is 5.81. The van der Waals surface area contributed by atoms with Crippen LogP contribution in [0.4, 0.5) is 0 Å². The van der Waals surface area contributed by atoms with Gasteiger partial charge in [-0.05, 0) is 56.0 Å². The molecule has 0 saturated heterocycles. The van der Waals surface area contributed by atoms with E-state index in [0.717, 1.165) is 0 Å². The lowest BCUT2D eigenvalue weighted by Crippen LogP contribution is -2.67. The van der Waals surface area contributed by atoms with Crippen LogP contribution in [0, 0.1) is 0 Å². The molecule has 0 heterocycles. The van der Waals surface area contributed by atoms with Gasteiger partial charge in [-0.15, -0.1) is 0 Å². The molecule has 0 aliphatic rings. The Morgan fingerprint density at radius 1 is 0.737 bits per heavy atom. The maximum absolute atomic E-state index is 5.81. The third kappa shape index (κ3) is 5.11. The van der Waals surface area contributed by atoms with Crippen LogP contribution in [0.1, 0.15) is 20.8 Å². The van der Waals surface area contributed by atoms with Crippen molar-refractivity contribution < 1.29 is 14.2 Å². The first-order valence-electron chi connectivity index (χ1n) is 6.73. The summed E-state index contributed by atoms with van der Waals surface area (Å²) in [5.41, 5.74) is 0. The third-order valence-electron chi connectivity index (χ3n) is 2.49. The lowest BCUT2D eigenvalue weighted by molar-refractivity contribution is -0.425. The van der Waals surface area contributed by atoms with Crippen LogP contribution in [0.5, 0.6) is 0 Å². The molecule has 0 aromatic carbocycles. The highest BCUT2D eigenvalue weighted by Gasteiger charge is 2.45. The minimum absolute atomic E-state index is 0.528. The first-order chi connectivity index (χ1) is 8.86. The second-order valence-electron chi connectivity index (χ2n) is 4.47. The van der Waals surface area contributed by atoms with Gasteiger partial charge in [0.05, 0.1) is 19.8 Å². The molecule has 0 saturated carbocycles. The smallest absolute Gasteiger partial charge is 0.315 e. The van der Waals surface area contributed by atoms with Gasteiger partial charge in [0.25, 0.3) is 0 Å². The second kappa shape index (κ2) is 9.01. The molecule has 0 N–H and O–H groups in total. The van der Waals surface area contributed by atoms with Gasteiger partial charge in [-0.2, -0.15) is 0 Å². The minimum atomic E-state index is -1.15. The molecule has 0 fully saturated rings. The summed E-state index contributed by atoms with van der Waals surface area (Å²) in [6, 6.07) is 0. The average molecular weight is 292 g/mol. The topological polar surface area (TPSA) is 37.4 Å². The molecule has 19 heavy (non-hydrogen) atoms. The number of ether oxygens (including phenoxy) is 3. The van der Waals surface area contributed by atoms with E-state index in [4.69, 9.17) is 14.2 Å². The van der Waals surface area contributed by atoms with E-state index in [1.54, 1.807) is 0 Å². The standard InChI is InChI=1S/C12H30N3O3Si/c1-9-16-12(17-10-2,18-11-3)15(8)19(13(4)5)14(6)7/h9-11H2,1-8H3. The lowest BCUT2D eigenvalue weighted by atomic mass is 10.7. The highest BCUT2D eigenvalue weighted by Crippen LogP contribution is 2.22. The van der Waals surface area contributed by atoms with Crippen molar-refractivity contribution in [1.29, 1.82) is 0 Å². The van der Waals surface area contributed by atoms with Crippen molar-refractivity contribution in [2.75, 3.05) is 55.1 Å². The van der Waals surface area contributed by atoms with Crippen LogP contribution < -0.4 is 0 Å². The quantitative estimate of drug-likeness (QED) is 0.437. The van der Waals surface area contributed by atoms with Crippen molar-refractivity contribution in [2.45, 2.75) is 26.9 Å². The fourth-order valence-electron chi connectivity index (χ4n) is 2.09. The van der Waals surface area contributed by atoms with Crippen molar-refractivity contribution >= 4 is 9.28 Å². The van der Waals surface area contributed by atoms with Crippen LogP contribution in [-0.2, 0) is 14.2 Å². The molecule has 7 heteroatoms. The first-order valence-corrected chi connectivity index (χ1v) is 8.07.